The van der Waals surface area contributed by atoms with Crippen LogP contribution in [0.5, 0.6) is 0 Å². The van der Waals surface area contributed by atoms with Gasteiger partial charge in [-0.25, -0.2) is 0 Å². The molecule has 11 aromatic carbocycles. The Labute approximate surface area is 387 Å². The van der Waals surface area contributed by atoms with Crippen LogP contribution in [-0.4, -0.2) is 0 Å². The molecular weight excluding hydrogens is 795 g/mol. The van der Waals surface area contributed by atoms with E-state index in [0.717, 1.165) is 17.1 Å². The molecule has 1 aliphatic rings. The molecule has 1 nitrogen and oxygen atoms in total. The Morgan fingerprint density at radius 1 is 0.258 bits per heavy atom. The topological polar surface area (TPSA) is 3.24 Å². The maximum atomic E-state index is 2.49. The molecule has 0 saturated heterocycles. The molecule has 1 heteroatoms. The van der Waals surface area contributed by atoms with Crippen LogP contribution in [0, 0.1) is 0 Å². The summed E-state index contributed by atoms with van der Waals surface area (Å²) in [5.74, 6) is 0. The van der Waals surface area contributed by atoms with Crippen molar-refractivity contribution in [1.82, 2.24) is 0 Å². The lowest BCUT2D eigenvalue weighted by atomic mass is 9.66. The fraction of sp³-hybridized carbons (Fsp3) is 0.0154. The van der Waals surface area contributed by atoms with Gasteiger partial charge in [0.1, 0.15) is 0 Å². The molecule has 0 N–H and O–H groups in total. The molecule has 0 radical (unpaired) electrons. The van der Waals surface area contributed by atoms with E-state index in [2.05, 4.69) is 278 Å². The molecule has 0 spiro atoms. The zero-order valence-electron chi connectivity index (χ0n) is 36.4. The van der Waals surface area contributed by atoms with Gasteiger partial charge in [-0.1, -0.05) is 237 Å². The summed E-state index contributed by atoms with van der Waals surface area (Å²) in [7, 11) is 0. The van der Waals surface area contributed by atoms with Crippen molar-refractivity contribution in [2.24, 2.45) is 0 Å². The van der Waals surface area contributed by atoms with Crippen LogP contribution in [0.3, 0.4) is 0 Å². The van der Waals surface area contributed by atoms with Crippen LogP contribution in [0.4, 0.5) is 17.1 Å². The predicted octanol–water partition coefficient (Wildman–Crippen LogP) is 17.3. The van der Waals surface area contributed by atoms with Crippen LogP contribution in [0.15, 0.2) is 273 Å². The van der Waals surface area contributed by atoms with Gasteiger partial charge in [0.25, 0.3) is 0 Å². The lowest BCUT2D eigenvalue weighted by molar-refractivity contribution is 0.775. The fourth-order valence-electron chi connectivity index (χ4n) is 10.5. The lowest BCUT2D eigenvalue weighted by Crippen LogP contribution is -2.29. The van der Waals surface area contributed by atoms with Crippen LogP contribution >= 0.6 is 0 Å². The van der Waals surface area contributed by atoms with Gasteiger partial charge in [-0.2, -0.15) is 0 Å². The van der Waals surface area contributed by atoms with Gasteiger partial charge >= 0.3 is 0 Å². The van der Waals surface area contributed by atoms with Crippen LogP contribution in [0.1, 0.15) is 22.3 Å². The molecule has 0 amide bonds. The van der Waals surface area contributed by atoms with Crippen molar-refractivity contribution in [1.29, 1.82) is 0 Å². The van der Waals surface area contributed by atoms with Gasteiger partial charge in [-0.15, -0.1) is 0 Å². The Morgan fingerprint density at radius 2 is 0.606 bits per heavy atom. The Kier molecular flexibility index (Phi) is 9.81. The van der Waals surface area contributed by atoms with Crippen molar-refractivity contribution >= 4 is 27.8 Å². The smallest absolute Gasteiger partial charge is 0.0719 e. The highest BCUT2D eigenvalue weighted by Gasteiger charge is 2.48. The van der Waals surface area contributed by atoms with Crippen molar-refractivity contribution in [2.75, 3.05) is 4.90 Å². The van der Waals surface area contributed by atoms with Crippen LogP contribution in [0.2, 0.25) is 0 Å². The quantitative estimate of drug-likeness (QED) is 0.140. The summed E-state index contributed by atoms with van der Waals surface area (Å²) in [6, 6.07) is 100. The molecular formula is C65H45N. The van der Waals surface area contributed by atoms with Crippen LogP contribution in [-0.2, 0) is 5.41 Å². The molecule has 66 heavy (non-hydrogen) atoms. The van der Waals surface area contributed by atoms with Gasteiger partial charge < -0.3 is 4.90 Å². The number of nitrogens with zero attached hydrogens (tertiary/aromatic N) is 1. The first-order valence-corrected chi connectivity index (χ1v) is 22.8. The molecule has 0 heterocycles. The molecule has 0 saturated carbocycles. The first-order chi connectivity index (χ1) is 32.7. The first-order valence-electron chi connectivity index (χ1n) is 22.8. The molecule has 0 fully saturated rings. The van der Waals surface area contributed by atoms with E-state index >= 15 is 0 Å². The Hall–Kier alpha value is -8.52. The highest BCUT2D eigenvalue weighted by molar-refractivity contribution is 6.09. The van der Waals surface area contributed by atoms with E-state index in [-0.39, 0.29) is 0 Å². The van der Waals surface area contributed by atoms with Crippen molar-refractivity contribution in [3.63, 3.8) is 0 Å². The lowest BCUT2D eigenvalue weighted by Gasteiger charge is -2.35. The summed E-state index contributed by atoms with van der Waals surface area (Å²) >= 11 is 0. The number of hydrogen-bond acceptors (Lipinski definition) is 1. The third-order valence-corrected chi connectivity index (χ3v) is 13.6. The second-order valence-electron chi connectivity index (χ2n) is 17.2. The molecule has 1 aliphatic carbocycles. The first kappa shape index (κ1) is 39.1. The summed E-state index contributed by atoms with van der Waals surface area (Å²) in [6.07, 6.45) is 0. The SMILES string of the molecule is c1ccc(-c2ccc(-c3ccc(N(c4ccc(-c5ccccc5)cc4)c4cc5c(c6ccccc46)C(c4ccccc4)(c4ccccc4)c4ccc(-c6ccccc6)cc4-5)cc3)cc2)cc1. The van der Waals surface area contributed by atoms with E-state index < -0.39 is 5.41 Å². The average Bonchev–Trinajstić information content (AvgIpc) is 3.71. The number of rotatable bonds is 9. The van der Waals surface area contributed by atoms with E-state index in [0.29, 0.717) is 0 Å². The molecule has 0 atom stereocenters. The van der Waals surface area contributed by atoms with Gasteiger partial charge in [0.15, 0.2) is 0 Å². The minimum Gasteiger partial charge on any atom is -0.310 e. The molecule has 0 unspecified atom stereocenters. The molecule has 0 aromatic heterocycles. The summed E-state index contributed by atoms with van der Waals surface area (Å²) in [5.41, 5.74) is 19.9. The van der Waals surface area contributed by atoms with Crippen molar-refractivity contribution in [3.8, 4) is 55.6 Å². The van der Waals surface area contributed by atoms with E-state index in [9.17, 15) is 0 Å². The predicted molar refractivity (Wildman–Crippen MR) is 278 cm³/mol. The van der Waals surface area contributed by atoms with E-state index in [1.807, 2.05) is 0 Å². The molecule has 12 rings (SSSR count). The van der Waals surface area contributed by atoms with Gasteiger partial charge in [-0.05, 0) is 120 Å². The van der Waals surface area contributed by atoms with Crippen LogP contribution < -0.4 is 4.90 Å². The molecule has 11 aromatic rings. The maximum absolute atomic E-state index is 2.49. The van der Waals surface area contributed by atoms with E-state index in [1.54, 1.807) is 0 Å². The largest absolute Gasteiger partial charge is 0.310 e. The Bertz CT molecular complexity index is 3410. The average molecular weight is 840 g/mol. The van der Waals surface area contributed by atoms with Gasteiger partial charge in [0.05, 0.1) is 11.1 Å². The third kappa shape index (κ3) is 6.64. The van der Waals surface area contributed by atoms with Gasteiger partial charge in [-0.3, -0.25) is 0 Å². The Morgan fingerprint density at radius 3 is 1.06 bits per heavy atom. The van der Waals surface area contributed by atoms with E-state index in [4.69, 9.17) is 0 Å². The monoisotopic (exact) mass is 839 g/mol. The number of anilines is 3. The standard InChI is InChI=1S/C65H45N/c1-6-18-46(19-7-1)49-30-32-50(33-31-49)52-36-41-57(42-37-52)66(56-39-34-51(35-40-56)47-20-8-2-9-21-47)63-45-61-60-44-53(48-22-10-3-11-23-48)38-43-62(60)65(54-24-12-4-13-25-54,55-26-14-5-15-27-55)64(61)59-29-17-16-28-58(59)63/h1-45H. The van der Waals surface area contributed by atoms with Crippen LogP contribution in [0.25, 0.3) is 66.4 Å². The highest BCUT2D eigenvalue weighted by Crippen LogP contribution is 2.60. The second kappa shape index (κ2) is 16.6. The minimum atomic E-state index is -0.569. The fourth-order valence-corrected chi connectivity index (χ4v) is 10.5. The summed E-state index contributed by atoms with van der Waals surface area (Å²) < 4.78 is 0. The van der Waals surface area contributed by atoms with Gasteiger partial charge in [0.2, 0.25) is 0 Å². The normalized spacial score (nSPS) is 12.4. The zero-order chi connectivity index (χ0) is 43.9. The zero-order valence-corrected chi connectivity index (χ0v) is 36.4. The maximum Gasteiger partial charge on any atom is 0.0719 e. The van der Waals surface area contributed by atoms with Crippen molar-refractivity contribution in [3.05, 3.63) is 295 Å². The highest BCUT2D eigenvalue weighted by atomic mass is 15.1. The van der Waals surface area contributed by atoms with Gasteiger partial charge in [0, 0.05) is 16.8 Å². The molecule has 0 bridgehead atoms. The van der Waals surface area contributed by atoms with Crippen molar-refractivity contribution < 1.29 is 0 Å². The number of hydrogen-bond donors (Lipinski definition) is 0. The van der Waals surface area contributed by atoms with E-state index in [1.165, 1.54) is 88.7 Å². The summed E-state index contributed by atoms with van der Waals surface area (Å²) in [6.45, 7) is 0. The third-order valence-electron chi connectivity index (χ3n) is 13.6. The number of benzene rings is 11. The van der Waals surface area contributed by atoms with Crippen molar-refractivity contribution in [2.45, 2.75) is 5.41 Å². The summed E-state index contributed by atoms with van der Waals surface area (Å²) in [4.78, 5) is 2.46. The number of fused-ring (bicyclic) bond motifs is 5. The summed E-state index contributed by atoms with van der Waals surface area (Å²) in [5, 5.41) is 2.42. The second-order valence-corrected chi connectivity index (χ2v) is 17.2. The molecule has 310 valence electrons. The Balaban J connectivity index is 1.10. The molecule has 0 aliphatic heterocycles. The minimum absolute atomic E-state index is 0.569.